The summed E-state index contributed by atoms with van der Waals surface area (Å²) in [6.07, 6.45) is 6.28. The molecule has 4 aromatic rings. The fourth-order valence-corrected chi connectivity index (χ4v) is 1.73. The van der Waals surface area contributed by atoms with Gasteiger partial charge in [-0.05, 0) is 16.8 Å². The van der Waals surface area contributed by atoms with Crippen molar-refractivity contribution in [2.45, 2.75) is 0 Å². The van der Waals surface area contributed by atoms with Crippen molar-refractivity contribution < 1.29 is 4.79 Å². The normalized spacial score (nSPS) is 9.22. The molecule has 0 aliphatic heterocycles. The molecule has 116 valence electrons. The fraction of sp³-hybridized carbons (Fsp3) is 0. The molecule has 6 heteroatoms. The summed E-state index contributed by atoms with van der Waals surface area (Å²) >= 11 is 0. The second kappa shape index (κ2) is 8.78. The first-order chi connectivity index (χ1) is 11.3. The van der Waals surface area contributed by atoms with Crippen LogP contribution in [0.5, 0.6) is 0 Å². The summed E-state index contributed by atoms with van der Waals surface area (Å²) < 4.78 is 0. The van der Waals surface area contributed by atoms with Gasteiger partial charge in [0.1, 0.15) is 0 Å². The Morgan fingerprint density at radius 3 is 1.74 bits per heavy atom. The Kier molecular flexibility index (Phi) is 6.10. The van der Waals surface area contributed by atoms with Gasteiger partial charge in [-0.25, -0.2) is 0 Å². The third kappa shape index (κ3) is 5.47. The van der Waals surface area contributed by atoms with Crippen LogP contribution in [0.1, 0.15) is 10.4 Å². The predicted molar refractivity (Wildman–Crippen MR) is 89.6 cm³/mol. The number of H-pyrrole nitrogens is 2. The van der Waals surface area contributed by atoms with Crippen LogP contribution < -0.4 is 5.73 Å². The van der Waals surface area contributed by atoms with Gasteiger partial charge in [0.05, 0.1) is 11.8 Å². The van der Waals surface area contributed by atoms with Gasteiger partial charge in [0.15, 0.2) is 0 Å². The molecule has 0 unspecified atom stereocenters. The maximum atomic E-state index is 10.2. The summed E-state index contributed by atoms with van der Waals surface area (Å²) in [7, 11) is 0. The van der Waals surface area contributed by atoms with Gasteiger partial charge in [-0.15, -0.1) is 0 Å². The molecule has 6 nitrogen and oxygen atoms in total. The molecular formula is C17H17N5O. The van der Waals surface area contributed by atoms with Crippen molar-refractivity contribution in [3.8, 4) is 0 Å². The van der Waals surface area contributed by atoms with Crippen LogP contribution in [-0.4, -0.2) is 26.3 Å². The highest BCUT2D eigenvalue weighted by Crippen LogP contribution is 2.11. The number of aromatic amines is 2. The first-order valence-corrected chi connectivity index (χ1v) is 6.93. The SMILES string of the molecule is NC(=O)c1cn[nH]c1.c1ccc2ccccc2c1.c1cn[nH]c1. The predicted octanol–water partition coefficient (Wildman–Crippen LogP) is 2.76. The molecule has 0 atom stereocenters. The molecule has 2 heterocycles. The molecule has 0 aliphatic rings. The zero-order chi connectivity index (χ0) is 16.3. The zero-order valence-corrected chi connectivity index (χ0v) is 12.4. The van der Waals surface area contributed by atoms with Crippen LogP contribution in [0.15, 0.2) is 79.4 Å². The first kappa shape index (κ1) is 16.0. The molecule has 0 fully saturated rings. The molecule has 2 aromatic carbocycles. The van der Waals surface area contributed by atoms with Crippen LogP contribution in [0.4, 0.5) is 0 Å². The minimum atomic E-state index is -0.459. The van der Waals surface area contributed by atoms with Crippen molar-refractivity contribution in [1.82, 2.24) is 20.4 Å². The minimum absolute atomic E-state index is 0.407. The number of primary amides is 1. The number of benzene rings is 2. The number of fused-ring (bicyclic) bond motifs is 1. The lowest BCUT2D eigenvalue weighted by atomic mass is 10.1. The number of amides is 1. The highest BCUT2D eigenvalue weighted by Gasteiger charge is 1.96. The Bertz CT molecular complexity index is 727. The second-order valence-corrected chi connectivity index (χ2v) is 4.46. The lowest BCUT2D eigenvalue weighted by Crippen LogP contribution is -2.09. The lowest BCUT2D eigenvalue weighted by Gasteiger charge is -1.92. The number of nitrogens with zero attached hydrogens (tertiary/aromatic N) is 2. The highest BCUT2D eigenvalue weighted by molar-refractivity contribution is 5.92. The van der Waals surface area contributed by atoms with Crippen molar-refractivity contribution in [3.63, 3.8) is 0 Å². The Hall–Kier alpha value is -3.41. The van der Waals surface area contributed by atoms with Crippen molar-refractivity contribution in [2.75, 3.05) is 0 Å². The smallest absolute Gasteiger partial charge is 0.251 e. The summed E-state index contributed by atoms with van der Waals surface area (Å²) in [5.74, 6) is -0.459. The van der Waals surface area contributed by atoms with E-state index in [1.807, 2.05) is 6.07 Å². The summed E-state index contributed by atoms with van der Waals surface area (Å²) in [4.78, 5) is 10.2. The molecule has 0 saturated carbocycles. The number of rotatable bonds is 1. The monoisotopic (exact) mass is 307 g/mol. The Morgan fingerprint density at radius 1 is 0.870 bits per heavy atom. The van der Waals surface area contributed by atoms with Crippen LogP contribution in [-0.2, 0) is 0 Å². The van der Waals surface area contributed by atoms with Crippen LogP contribution in [0, 0.1) is 0 Å². The van der Waals surface area contributed by atoms with E-state index in [9.17, 15) is 4.79 Å². The van der Waals surface area contributed by atoms with Crippen LogP contribution in [0.2, 0.25) is 0 Å². The van der Waals surface area contributed by atoms with Crippen LogP contribution >= 0.6 is 0 Å². The maximum absolute atomic E-state index is 10.2. The van der Waals surface area contributed by atoms with E-state index in [0.717, 1.165) is 0 Å². The number of hydrogen-bond acceptors (Lipinski definition) is 3. The number of nitrogens with two attached hydrogens (primary N) is 1. The lowest BCUT2D eigenvalue weighted by molar-refractivity contribution is 0.100. The highest BCUT2D eigenvalue weighted by atomic mass is 16.1. The van der Waals surface area contributed by atoms with Crippen LogP contribution in [0.3, 0.4) is 0 Å². The summed E-state index contributed by atoms with van der Waals surface area (Å²) in [5, 5.41) is 14.8. The minimum Gasteiger partial charge on any atom is -0.366 e. The van der Waals surface area contributed by atoms with Gasteiger partial charge in [0.25, 0.3) is 5.91 Å². The van der Waals surface area contributed by atoms with Crippen molar-refractivity contribution in [1.29, 1.82) is 0 Å². The van der Waals surface area contributed by atoms with Gasteiger partial charge in [0.2, 0.25) is 0 Å². The van der Waals surface area contributed by atoms with Crippen molar-refractivity contribution in [3.05, 3.63) is 84.9 Å². The standard InChI is InChI=1S/C10H8.C4H5N3O.C3H4N2/c1-2-6-10-8-4-3-7-9(10)5-1;5-4(8)3-1-6-7-2-3;1-2-4-5-3-1/h1-8H;1-2H,(H2,5,8)(H,6,7);1-3H,(H,4,5). The maximum Gasteiger partial charge on any atom is 0.251 e. The first-order valence-electron chi connectivity index (χ1n) is 6.93. The van der Waals surface area contributed by atoms with E-state index < -0.39 is 5.91 Å². The van der Waals surface area contributed by atoms with E-state index in [4.69, 9.17) is 5.73 Å². The number of nitrogens with one attached hydrogen (secondary N) is 2. The van der Waals surface area contributed by atoms with E-state index in [1.165, 1.54) is 23.2 Å². The summed E-state index contributed by atoms with van der Waals surface area (Å²) in [6.45, 7) is 0. The van der Waals surface area contributed by atoms with Gasteiger partial charge in [-0.1, -0.05) is 48.5 Å². The van der Waals surface area contributed by atoms with Crippen LogP contribution in [0.25, 0.3) is 10.8 Å². The molecule has 0 bridgehead atoms. The van der Waals surface area contributed by atoms with E-state index in [0.29, 0.717) is 5.56 Å². The number of hydrogen-bond donors (Lipinski definition) is 3. The third-order valence-corrected chi connectivity index (χ3v) is 2.85. The van der Waals surface area contributed by atoms with Gasteiger partial charge < -0.3 is 5.73 Å². The average molecular weight is 307 g/mol. The molecule has 4 N–H and O–H groups in total. The molecule has 0 saturated heterocycles. The van der Waals surface area contributed by atoms with E-state index >= 15 is 0 Å². The third-order valence-electron chi connectivity index (χ3n) is 2.85. The van der Waals surface area contributed by atoms with Crippen molar-refractivity contribution in [2.24, 2.45) is 5.73 Å². The summed E-state index contributed by atoms with van der Waals surface area (Å²) in [6, 6.07) is 18.5. The second-order valence-electron chi connectivity index (χ2n) is 4.46. The molecule has 23 heavy (non-hydrogen) atoms. The molecule has 1 amide bonds. The number of aromatic nitrogens is 4. The van der Waals surface area contributed by atoms with Gasteiger partial charge in [-0.3, -0.25) is 15.0 Å². The quantitative estimate of drug-likeness (QED) is 0.504. The molecule has 0 radical (unpaired) electrons. The zero-order valence-electron chi connectivity index (χ0n) is 12.4. The largest absolute Gasteiger partial charge is 0.366 e. The topological polar surface area (TPSA) is 100 Å². The Labute approximate surface area is 133 Å². The van der Waals surface area contributed by atoms with E-state index in [2.05, 4.69) is 68.9 Å². The van der Waals surface area contributed by atoms with Crippen molar-refractivity contribution >= 4 is 16.7 Å². The van der Waals surface area contributed by atoms with Gasteiger partial charge in [-0.2, -0.15) is 10.2 Å². The number of carbonyl (C=O) groups is 1. The van der Waals surface area contributed by atoms with Gasteiger partial charge in [0, 0.05) is 18.6 Å². The molecular weight excluding hydrogens is 290 g/mol. The molecule has 2 aromatic heterocycles. The molecule has 4 rings (SSSR count). The fourth-order valence-electron chi connectivity index (χ4n) is 1.73. The number of carbonyl (C=O) groups excluding carboxylic acids is 1. The van der Waals surface area contributed by atoms with E-state index in [1.54, 1.807) is 12.4 Å². The molecule has 0 aliphatic carbocycles. The average Bonchev–Trinajstić information content (AvgIpc) is 3.31. The Balaban J connectivity index is 0.000000133. The molecule has 0 spiro atoms. The van der Waals surface area contributed by atoms with E-state index in [-0.39, 0.29) is 0 Å². The van der Waals surface area contributed by atoms with Gasteiger partial charge >= 0.3 is 0 Å². The Morgan fingerprint density at radius 2 is 1.48 bits per heavy atom. The summed E-state index contributed by atoms with van der Waals surface area (Å²) in [5.41, 5.74) is 5.27.